The zero-order valence-electron chi connectivity index (χ0n) is 9.76. The van der Waals surface area contributed by atoms with E-state index in [0.717, 1.165) is 12.1 Å². The van der Waals surface area contributed by atoms with Gasteiger partial charge in [0.25, 0.3) is 0 Å². The molecule has 0 unspecified atom stereocenters. The fraction of sp³-hybridized carbons (Fsp3) is 0.0625. The molecule has 1 aliphatic carbocycles. The van der Waals surface area contributed by atoms with E-state index in [-0.39, 0.29) is 0 Å². The molecule has 0 N–H and O–H groups in total. The molecule has 1 nitrogen and oxygen atoms in total. The van der Waals surface area contributed by atoms with Gasteiger partial charge in [-0.25, -0.2) is 0 Å². The molecule has 18 heavy (non-hydrogen) atoms. The maximum absolute atomic E-state index is 4.79. The predicted molar refractivity (Wildman–Crippen MR) is 77.5 cm³/mol. The van der Waals surface area contributed by atoms with Crippen LogP contribution < -0.4 is 0 Å². The van der Waals surface area contributed by atoms with Crippen molar-refractivity contribution in [1.29, 1.82) is 0 Å². The van der Waals surface area contributed by atoms with Crippen LogP contribution in [0.2, 0.25) is 0 Å². The molecule has 2 aromatic rings. The molecule has 0 saturated heterocycles. The van der Waals surface area contributed by atoms with Crippen LogP contribution in [0.15, 0.2) is 63.3 Å². The summed E-state index contributed by atoms with van der Waals surface area (Å²) in [6.45, 7) is 0. The molecule has 0 radical (unpaired) electrons. The average Bonchev–Trinajstić information content (AvgIpc) is 2.42. The van der Waals surface area contributed by atoms with E-state index in [2.05, 4.69) is 54.6 Å². The van der Waals surface area contributed by atoms with Gasteiger partial charge < -0.3 is 0 Å². The van der Waals surface area contributed by atoms with Crippen molar-refractivity contribution in [2.75, 3.05) is 0 Å². The molecule has 4 rings (SSSR count). The summed E-state index contributed by atoms with van der Waals surface area (Å²) in [5.41, 5.74) is 5.02. The predicted octanol–water partition coefficient (Wildman–Crippen LogP) is 4.46. The minimum absolute atomic E-state index is 0.948. The van der Waals surface area contributed by atoms with Gasteiger partial charge >= 0.3 is 0 Å². The Balaban J connectivity index is 1.88. The molecule has 1 aliphatic heterocycles. The number of hydrogen-bond acceptors (Lipinski definition) is 2. The zero-order chi connectivity index (χ0) is 11.9. The Labute approximate surface area is 110 Å². The van der Waals surface area contributed by atoms with E-state index in [1.807, 2.05) is 11.8 Å². The second kappa shape index (κ2) is 3.85. The van der Waals surface area contributed by atoms with Crippen LogP contribution in [0.3, 0.4) is 0 Å². The van der Waals surface area contributed by atoms with Gasteiger partial charge in [0.05, 0.1) is 11.4 Å². The number of allylic oxidation sites excluding steroid dienone is 1. The Bertz CT molecular complexity index is 636. The summed E-state index contributed by atoms with van der Waals surface area (Å²) in [5, 5.41) is 0. The number of benzene rings is 2. The van der Waals surface area contributed by atoms with Crippen molar-refractivity contribution in [3.63, 3.8) is 0 Å². The molecular weight excluding hydrogens is 238 g/mol. The van der Waals surface area contributed by atoms with Crippen LogP contribution in [0, 0.1) is 0 Å². The largest absolute Gasteiger partial charge is 0.251 e. The van der Waals surface area contributed by atoms with Crippen molar-refractivity contribution in [2.24, 2.45) is 4.99 Å². The second-order valence-corrected chi connectivity index (χ2v) is 5.60. The van der Waals surface area contributed by atoms with E-state index in [1.165, 1.54) is 26.6 Å². The fourth-order valence-corrected chi connectivity index (χ4v) is 3.43. The number of nitrogens with zero attached hydrogens (tertiary/aromatic N) is 1. The molecular formula is C16H11NS. The van der Waals surface area contributed by atoms with Gasteiger partial charge in [0, 0.05) is 16.2 Å². The molecule has 0 bridgehead atoms. The number of aliphatic imine (C=N–C) groups is 1. The normalized spacial score (nSPS) is 16.0. The summed E-state index contributed by atoms with van der Waals surface area (Å²) in [5.74, 6) is 0. The van der Waals surface area contributed by atoms with E-state index in [4.69, 9.17) is 4.99 Å². The van der Waals surface area contributed by atoms with Crippen molar-refractivity contribution < 1.29 is 0 Å². The molecule has 0 fully saturated rings. The van der Waals surface area contributed by atoms with Gasteiger partial charge in [-0.05, 0) is 29.3 Å². The van der Waals surface area contributed by atoms with Crippen molar-refractivity contribution in [3.8, 4) is 0 Å². The number of thioether (sulfide) groups is 1. The standard InChI is InChI=1S/C16H11NS/c1-2-6-12-10-16-14(9-11(12)5-1)17-13-7-3-4-8-15(13)18-16/h1-8,10H,9H2. The lowest BCUT2D eigenvalue weighted by Crippen LogP contribution is -2.12. The van der Waals surface area contributed by atoms with E-state index in [1.54, 1.807) is 0 Å². The second-order valence-electron chi connectivity index (χ2n) is 4.51. The van der Waals surface area contributed by atoms with Crippen molar-refractivity contribution in [3.05, 3.63) is 64.6 Å². The van der Waals surface area contributed by atoms with Gasteiger partial charge in [-0.1, -0.05) is 48.2 Å². The van der Waals surface area contributed by atoms with Crippen LogP contribution in [0.4, 0.5) is 5.69 Å². The summed E-state index contributed by atoms with van der Waals surface area (Å²) < 4.78 is 0. The smallest absolute Gasteiger partial charge is 0.0772 e. The molecule has 0 aromatic heterocycles. The van der Waals surface area contributed by atoms with E-state index in [9.17, 15) is 0 Å². The summed E-state index contributed by atoms with van der Waals surface area (Å²) in [6, 6.07) is 16.9. The van der Waals surface area contributed by atoms with Crippen LogP contribution in [0.1, 0.15) is 11.1 Å². The summed E-state index contributed by atoms with van der Waals surface area (Å²) >= 11 is 1.83. The topological polar surface area (TPSA) is 12.4 Å². The Morgan fingerprint density at radius 3 is 2.78 bits per heavy atom. The summed E-state index contributed by atoms with van der Waals surface area (Å²) in [7, 11) is 0. The number of para-hydroxylation sites is 1. The minimum atomic E-state index is 0.948. The molecule has 1 heterocycles. The maximum Gasteiger partial charge on any atom is 0.0772 e. The molecule has 2 aliphatic rings. The molecule has 0 amide bonds. The van der Waals surface area contributed by atoms with Crippen LogP contribution in [-0.2, 0) is 6.42 Å². The monoisotopic (exact) mass is 249 g/mol. The quantitative estimate of drug-likeness (QED) is 0.671. The van der Waals surface area contributed by atoms with Gasteiger partial charge in [0.2, 0.25) is 0 Å². The van der Waals surface area contributed by atoms with Crippen LogP contribution in [0.25, 0.3) is 6.08 Å². The van der Waals surface area contributed by atoms with Gasteiger partial charge in [-0.3, -0.25) is 4.99 Å². The molecule has 0 saturated carbocycles. The van der Waals surface area contributed by atoms with Gasteiger partial charge in [0.15, 0.2) is 0 Å². The van der Waals surface area contributed by atoms with Gasteiger partial charge in [-0.2, -0.15) is 0 Å². The first-order valence-corrected chi connectivity index (χ1v) is 6.86. The van der Waals surface area contributed by atoms with Gasteiger partial charge in [-0.15, -0.1) is 0 Å². The molecule has 86 valence electrons. The third-order valence-corrected chi connectivity index (χ3v) is 4.46. The number of hydrogen-bond donors (Lipinski definition) is 0. The highest BCUT2D eigenvalue weighted by Crippen LogP contribution is 2.43. The van der Waals surface area contributed by atoms with Crippen LogP contribution in [0.5, 0.6) is 0 Å². The first-order chi connectivity index (χ1) is 8.90. The summed E-state index contributed by atoms with van der Waals surface area (Å²) in [4.78, 5) is 7.35. The molecule has 2 aromatic carbocycles. The zero-order valence-corrected chi connectivity index (χ0v) is 10.6. The Morgan fingerprint density at radius 1 is 0.944 bits per heavy atom. The summed E-state index contributed by atoms with van der Waals surface area (Å²) in [6.07, 6.45) is 3.21. The Hall–Kier alpha value is -1.80. The highest BCUT2D eigenvalue weighted by molar-refractivity contribution is 8.04. The highest BCUT2D eigenvalue weighted by atomic mass is 32.2. The minimum Gasteiger partial charge on any atom is -0.251 e. The van der Waals surface area contributed by atoms with E-state index >= 15 is 0 Å². The highest BCUT2D eigenvalue weighted by Gasteiger charge is 2.22. The maximum atomic E-state index is 4.79. The third kappa shape index (κ3) is 1.53. The lowest BCUT2D eigenvalue weighted by atomic mass is 9.96. The first kappa shape index (κ1) is 10.2. The van der Waals surface area contributed by atoms with Crippen molar-refractivity contribution in [2.45, 2.75) is 11.3 Å². The van der Waals surface area contributed by atoms with Crippen LogP contribution >= 0.6 is 11.8 Å². The first-order valence-electron chi connectivity index (χ1n) is 6.04. The molecule has 0 spiro atoms. The van der Waals surface area contributed by atoms with Crippen molar-refractivity contribution >= 4 is 29.2 Å². The lowest BCUT2D eigenvalue weighted by molar-refractivity contribution is 1.25. The third-order valence-electron chi connectivity index (χ3n) is 3.32. The Morgan fingerprint density at radius 2 is 1.78 bits per heavy atom. The molecule has 2 heteroatoms. The van der Waals surface area contributed by atoms with E-state index in [0.29, 0.717) is 0 Å². The average molecular weight is 249 g/mol. The molecule has 0 atom stereocenters. The SMILES string of the molecule is C1=C2Sc3ccccc3N=C2Cc2ccccc21. The van der Waals surface area contributed by atoms with Crippen LogP contribution in [-0.4, -0.2) is 5.71 Å². The Kier molecular flexibility index (Phi) is 2.17. The number of rotatable bonds is 0. The lowest BCUT2D eigenvalue weighted by Gasteiger charge is -2.22. The van der Waals surface area contributed by atoms with E-state index < -0.39 is 0 Å². The fourth-order valence-electron chi connectivity index (χ4n) is 2.41. The van der Waals surface area contributed by atoms with Crippen molar-refractivity contribution in [1.82, 2.24) is 0 Å². The number of fused-ring (bicyclic) bond motifs is 3. The van der Waals surface area contributed by atoms with Gasteiger partial charge in [0.1, 0.15) is 0 Å².